The fraction of sp³-hybridized carbons (Fsp3) is 0.417. The maximum Gasteiger partial charge on any atom is 0.268 e. The Kier molecular flexibility index (Phi) is 6.59. The maximum absolute atomic E-state index is 13.3. The third kappa shape index (κ3) is 4.42. The lowest BCUT2D eigenvalue weighted by atomic mass is 10.0. The van der Waals surface area contributed by atoms with Crippen molar-refractivity contribution in [2.45, 2.75) is 52.6 Å². The second-order valence-electron chi connectivity index (χ2n) is 8.64. The number of thiophene rings is 1. The van der Waals surface area contributed by atoms with Gasteiger partial charge in [0, 0.05) is 30.3 Å². The number of hydrogen-bond donors (Lipinski definition) is 0. The Bertz CT molecular complexity index is 1300. The first-order chi connectivity index (χ1) is 15.7. The Labute approximate surface area is 201 Å². The van der Waals surface area contributed by atoms with Crippen LogP contribution in [0.25, 0.3) is 10.2 Å². The van der Waals surface area contributed by atoms with Crippen molar-refractivity contribution in [3.05, 3.63) is 55.9 Å². The van der Waals surface area contributed by atoms with Gasteiger partial charge in [0.05, 0.1) is 16.6 Å². The van der Waals surface area contributed by atoms with Crippen molar-refractivity contribution < 1.29 is 9.59 Å². The summed E-state index contributed by atoms with van der Waals surface area (Å²) in [5.74, 6) is -0.309. The molecule has 0 saturated carbocycles. The number of piperidine rings is 1. The number of benzene rings is 1. The summed E-state index contributed by atoms with van der Waals surface area (Å²) in [6, 6.07) is 5.56. The molecule has 0 aliphatic carbocycles. The number of halogens is 1. The fourth-order valence-corrected chi connectivity index (χ4v) is 5.67. The van der Waals surface area contributed by atoms with E-state index in [9.17, 15) is 14.4 Å². The van der Waals surface area contributed by atoms with Crippen molar-refractivity contribution in [1.29, 1.82) is 0 Å². The molecule has 2 aromatic heterocycles. The number of amides is 2. The zero-order valence-electron chi connectivity index (χ0n) is 19.2. The van der Waals surface area contributed by atoms with Crippen LogP contribution in [0.5, 0.6) is 0 Å². The van der Waals surface area contributed by atoms with Crippen LogP contribution in [0.3, 0.4) is 0 Å². The zero-order chi connectivity index (χ0) is 23.9. The van der Waals surface area contributed by atoms with Gasteiger partial charge in [0.15, 0.2) is 0 Å². The molecule has 0 N–H and O–H groups in total. The van der Waals surface area contributed by atoms with Crippen LogP contribution in [0.4, 0.5) is 5.69 Å². The van der Waals surface area contributed by atoms with E-state index < -0.39 is 0 Å². The standard InChI is InChI=1S/C24H27ClN4O3S/c1-14-8-9-17(25)11-18(14)27(4)24(32)21-16(3)20-22(33-21)26-13-28(23(20)31)12-19(30)29-10-6-5-7-15(29)2/h8-9,11,13,15H,5-7,10,12H2,1-4H3. The maximum atomic E-state index is 13.3. The summed E-state index contributed by atoms with van der Waals surface area (Å²) in [4.78, 5) is 48.1. The molecule has 2 amide bonds. The Morgan fingerprint density at radius 2 is 2.03 bits per heavy atom. The van der Waals surface area contributed by atoms with Gasteiger partial charge in [-0.05, 0) is 63.3 Å². The Morgan fingerprint density at radius 1 is 1.27 bits per heavy atom. The smallest absolute Gasteiger partial charge is 0.268 e. The van der Waals surface area contributed by atoms with Crippen molar-refractivity contribution >= 4 is 50.7 Å². The number of carbonyl (C=O) groups excluding carboxylic acids is 2. The number of anilines is 1. The SMILES string of the molecule is Cc1ccc(Cl)cc1N(C)C(=O)c1sc2ncn(CC(=O)N3CCCCC3C)c(=O)c2c1C. The van der Waals surface area contributed by atoms with Crippen LogP contribution in [-0.2, 0) is 11.3 Å². The zero-order valence-corrected chi connectivity index (χ0v) is 20.8. The van der Waals surface area contributed by atoms with Crippen LogP contribution in [-0.4, -0.2) is 45.9 Å². The van der Waals surface area contributed by atoms with E-state index in [1.54, 1.807) is 31.0 Å². The molecule has 1 unspecified atom stereocenters. The minimum Gasteiger partial charge on any atom is -0.338 e. The molecule has 1 saturated heterocycles. The molecule has 3 aromatic rings. The average molecular weight is 487 g/mol. The largest absolute Gasteiger partial charge is 0.338 e. The Morgan fingerprint density at radius 3 is 2.76 bits per heavy atom. The summed E-state index contributed by atoms with van der Waals surface area (Å²) < 4.78 is 1.35. The molecule has 1 fully saturated rings. The summed E-state index contributed by atoms with van der Waals surface area (Å²) in [5, 5.41) is 0.933. The minimum absolute atomic E-state index is 0.0493. The van der Waals surface area contributed by atoms with Gasteiger partial charge in [-0.2, -0.15) is 0 Å². The van der Waals surface area contributed by atoms with E-state index in [2.05, 4.69) is 4.98 Å². The van der Waals surface area contributed by atoms with E-state index in [4.69, 9.17) is 11.6 Å². The van der Waals surface area contributed by atoms with E-state index >= 15 is 0 Å². The number of rotatable bonds is 4. The molecule has 3 heterocycles. The number of nitrogens with zero attached hydrogens (tertiary/aromatic N) is 4. The monoisotopic (exact) mass is 486 g/mol. The lowest BCUT2D eigenvalue weighted by molar-refractivity contribution is -0.135. The van der Waals surface area contributed by atoms with Gasteiger partial charge in [-0.3, -0.25) is 19.0 Å². The molecule has 1 aliphatic rings. The van der Waals surface area contributed by atoms with Crippen molar-refractivity contribution in [2.24, 2.45) is 0 Å². The van der Waals surface area contributed by atoms with Gasteiger partial charge in [0.1, 0.15) is 11.4 Å². The van der Waals surface area contributed by atoms with Crippen LogP contribution < -0.4 is 10.5 Å². The summed E-state index contributed by atoms with van der Waals surface area (Å²) in [7, 11) is 1.69. The van der Waals surface area contributed by atoms with Gasteiger partial charge in [0.2, 0.25) is 5.91 Å². The molecule has 1 atom stereocenters. The molecule has 1 aliphatic heterocycles. The predicted molar refractivity (Wildman–Crippen MR) is 133 cm³/mol. The first-order valence-corrected chi connectivity index (χ1v) is 12.2. The first-order valence-electron chi connectivity index (χ1n) is 11.0. The number of likely N-dealkylation sites (tertiary alicyclic amines) is 1. The fourth-order valence-electron chi connectivity index (χ4n) is 4.39. The van der Waals surface area contributed by atoms with Crippen molar-refractivity contribution in [2.75, 3.05) is 18.5 Å². The lowest BCUT2D eigenvalue weighted by Gasteiger charge is -2.33. The Balaban J connectivity index is 1.66. The number of aromatic nitrogens is 2. The van der Waals surface area contributed by atoms with Gasteiger partial charge < -0.3 is 9.80 Å². The highest BCUT2D eigenvalue weighted by Crippen LogP contribution is 2.31. The van der Waals surface area contributed by atoms with Gasteiger partial charge >= 0.3 is 0 Å². The Hall–Kier alpha value is -2.71. The van der Waals surface area contributed by atoms with E-state index in [1.165, 1.54) is 22.2 Å². The van der Waals surface area contributed by atoms with Crippen LogP contribution in [0.1, 0.15) is 47.0 Å². The van der Waals surface area contributed by atoms with E-state index in [0.29, 0.717) is 31.4 Å². The van der Waals surface area contributed by atoms with Crippen LogP contribution >= 0.6 is 22.9 Å². The topological polar surface area (TPSA) is 75.5 Å². The third-order valence-electron chi connectivity index (χ3n) is 6.38. The van der Waals surface area contributed by atoms with Crippen LogP contribution in [0.2, 0.25) is 5.02 Å². The van der Waals surface area contributed by atoms with E-state index in [0.717, 1.165) is 31.4 Å². The predicted octanol–water partition coefficient (Wildman–Crippen LogP) is 4.41. The highest BCUT2D eigenvalue weighted by molar-refractivity contribution is 7.20. The summed E-state index contributed by atoms with van der Waals surface area (Å²) in [6.45, 7) is 6.38. The lowest BCUT2D eigenvalue weighted by Crippen LogP contribution is -2.44. The van der Waals surface area contributed by atoms with Crippen molar-refractivity contribution in [3.63, 3.8) is 0 Å². The van der Waals surface area contributed by atoms with E-state index in [1.807, 2.05) is 24.8 Å². The number of fused-ring (bicyclic) bond motifs is 1. The van der Waals surface area contributed by atoms with E-state index in [-0.39, 0.29) is 30.0 Å². The number of aryl methyl sites for hydroxylation is 2. The van der Waals surface area contributed by atoms with Crippen molar-refractivity contribution in [1.82, 2.24) is 14.5 Å². The normalized spacial score (nSPS) is 16.3. The first kappa shape index (κ1) is 23.4. The van der Waals surface area contributed by atoms with Crippen LogP contribution in [0, 0.1) is 13.8 Å². The molecule has 7 nitrogen and oxygen atoms in total. The molecule has 0 bridgehead atoms. The molecule has 33 heavy (non-hydrogen) atoms. The van der Waals surface area contributed by atoms with Gasteiger partial charge in [-0.1, -0.05) is 17.7 Å². The molecule has 174 valence electrons. The third-order valence-corrected chi connectivity index (χ3v) is 7.80. The molecule has 0 spiro atoms. The highest BCUT2D eigenvalue weighted by atomic mass is 35.5. The minimum atomic E-state index is -0.299. The van der Waals surface area contributed by atoms with Crippen LogP contribution in [0.15, 0.2) is 29.3 Å². The molecule has 0 radical (unpaired) electrons. The summed E-state index contributed by atoms with van der Waals surface area (Å²) in [6.07, 6.45) is 4.49. The second kappa shape index (κ2) is 9.27. The second-order valence-corrected chi connectivity index (χ2v) is 10.1. The number of hydrogen-bond acceptors (Lipinski definition) is 5. The molecule has 9 heteroatoms. The molecule has 4 rings (SSSR count). The molecule has 1 aromatic carbocycles. The quantitative estimate of drug-likeness (QED) is 0.547. The molecular formula is C24H27ClN4O3S. The average Bonchev–Trinajstić information content (AvgIpc) is 3.13. The van der Waals surface area contributed by atoms with Crippen molar-refractivity contribution in [3.8, 4) is 0 Å². The highest BCUT2D eigenvalue weighted by Gasteiger charge is 2.26. The summed E-state index contributed by atoms with van der Waals surface area (Å²) >= 11 is 7.32. The summed E-state index contributed by atoms with van der Waals surface area (Å²) in [5.41, 5.74) is 1.90. The molecular weight excluding hydrogens is 460 g/mol. The van der Waals surface area contributed by atoms with Gasteiger partial charge in [-0.15, -0.1) is 11.3 Å². The van der Waals surface area contributed by atoms with Gasteiger partial charge in [-0.25, -0.2) is 4.98 Å². The number of carbonyl (C=O) groups is 2. The van der Waals surface area contributed by atoms with Gasteiger partial charge in [0.25, 0.3) is 11.5 Å².